The second-order valence-corrected chi connectivity index (χ2v) is 5.36. The van der Waals surface area contributed by atoms with Crippen molar-refractivity contribution >= 4 is 23.3 Å². The lowest BCUT2D eigenvalue weighted by Crippen LogP contribution is -2.20. The van der Waals surface area contributed by atoms with Crippen molar-refractivity contribution in [1.82, 2.24) is 0 Å². The number of hydrogen-bond acceptors (Lipinski definition) is 3. The van der Waals surface area contributed by atoms with Crippen LogP contribution in [0.5, 0.6) is 5.75 Å². The number of phenolic OH excluding ortho intramolecular Hbond substituents is 1. The minimum Gasteiger partial charge on any atom is -0.507 e. The van der Waals surface area contributed by atoms with E-state index in [9.17, 15) is 15.0 Å². The normalized spacial score (nSPS) is 12.0. The van der Waals surface area contributed by atoms with Gasteiger partial charge in [-0.05, 0) is 66.9 Å². The molecule has 21 heavy (non-hydrogen) atoms. The highest BCUT2D eigenvalue weighted by Crippen LogP contribution is 2.28. The molecule has 0 aromatic heterocycles. The number of halogens is 1. The molecule has 2 rings (SSSR count). The van der Waals surface area contributed by atoms with E-state index in [0.29, 0.717) is 27.4 Å². The number of aliphatic carboxylic acids is 1. The van der Waals surface area contributed by atoms with Crippen molar-refractivity contribution in [3.05, 3.63) is 58.1 Å². The van der Waals surface area contributed by atoms with Crippen LogP contribution >= 0.6 is 11.6 Å². The van der Waals surface area contributed by atoms with Gasteiger partial charge in [0.1, 0.15) is 5.75 Å². The van der Waals surface area contributed by atoms with Gasteiger partial charge >= 0.3 is 5.97 Å². The number of aromatic hydroxyl groups is 1. The Balaban J connectivity index is 2.35. The Bertz CT molecular complexity index is 645. The van der Waals surface area contributed by atoms with Gasteiger partial charge in [-0.25, -0.2) is 4.79 Å². The van der Waals surface area contributed by atoms with Crippen molar-refractivity contribution in [2.75, 3.05) is 5.32 Å². The van der Waals surface area contributed by atoms with Gasteiger partial charge in [0.05, 0.1) is 0 Å². The predicted molar refractivity (Wildman–Crippen MR) is 83.0 cm³/mol. The first-order chi connectivity index (χ1) is 9.88. The van der Waals surface area contributed by atoms with Crippen LogP contribution in [0.2, 0.25) is 5.02 Å². The third-order valence-corrected chi connectivity index (χ3v) is 3.50. The zero-order valence-electron chi connectivity index (χ0n) is 11.7. The van der Waals surface area contributed by atoms with Crippen LogP contribution in [0.3, 0.4) is 0 Å². The Hall–Kier alpha value is -2.20. The molecule has 4 nitrogen and oxygen atoms in total. The van der Waals surface area contributed by atoms with E-state index in [1.165, 1.54) is 0 Å². The maximum absolute atomic E-state index is 11.5. The lowest BCUT2D eigenvalue weighted by atomic mass is 10.00. The number of hydrogen-bond donors (Lipinski definition) is 3. The summed E-state index contributed by atoms with van der Waals surface area (Å²) in [5.74, 6) is -0.802. The summed E-state index contributed by atoms with van der Waals surface area (Å²) in [5, 5.41) is 22.8. The van der Waals surface area contributed by atoms with Gasteiger partial charge < -0.3 is 15.5 Å². The third kappa shape index (κ3) is 3.47. The average molecular weight is 306 g/mol. The smallest absolute Gasteiger partial charge is 0.330 e. The first-order valence-electron chi connectivity index (χ1n) is 6.43. The number of carboxylic acid groups (broad SMARTS) is 1. The van der Waals surface area contributed by atoms with E-state index < -0.39 is 12.0 Å². The minimum absolute atomic E-state index is 0.189. The van der Waals surface area contributed by atoms with Crippen LogP contribution in [0.25, 0.3) is 0 Å². The van der Waals surface area contributed by atoms with E-state index in [1.54, 1.807) is 50.2 Å². The molecule has 0 saturated heterocycles. The molecule has 5 heteroatoms. The second kappa shape index (κ2) is 6.06. The Morgan fingerprint density at radius 1 is 1.14 bits per heavy atom. The van der Waals surface area contributed by atoms with Gasteiger partial charge in [0, 0.05) is 10.7 Å². The molecule has 0 aliphatic rings. The SMILES string of the molecule is Cc1cc(C(Nc2ccc(Cl)cc2)C(=O)O)cc(C)c1O. The van der Waals surface area contributed by atoms with Crippen LogP contribution in [0.15, 0.2) is 36.4 Å². The molecular formula is C16H16ClNO3. The molecule has 1 unspecified atom stereocenters. The van der Waals surface area contributed by atoms with Crippen LogP contribution in [0.1, 0.15) is 22.7 Å². The van der Waals surface area contributed by atoms with Gasteiger partial charge in [0.15, 0.2) is 6.04 Å². The number of rotatable bonds is 4. The standard InChI is InChI=1S/C16H16ClNO3/c1-9-7-11(8-10(2)15(9)19)14(16(20)21)18-13-5-3-12(17)4-6-13/h3-8,14,18-19H,1-2H3,(H,20,21). The molecule has 2 aromatic rings. The van der Waals surface area contributed by atoms with Gasteiger partial charge in [-0.1, -0.05) is 11.6 Å². The van der Waals surface area contributed by atoms with E-state index in [1.807, 2.05) is 0 Å². The summed E-state index contributed by atoms with van der Waals surface area (Å²) in [7, 11) is 0. The first-order valence-corrected chi connectivity index (χ1v) is 6.81. The number of phenols is 1. The molecule has 0 radical (unpaired) electrons. The molecule has 0 aliphatic carbocycles. The number of carbonyl (C=O) groups is 1. The third-order valence-electron chi connectivity index (χ3n) is 3.25. The monoisotopic (exact) mass is 305 g/mol. The highest BCUT2D eigenvalue weighted by atomic mass is 35.5. The van der Waals surface area contributed by atoms with Crippen LogP contribution in [0.4, 0.5) is 5.69 Å². The summed E-state index contributed by atoms with van der Waals surface area (Å²) in [5.41, 5.74) is 2.55. The Kier molecular flexibility index (Phi) is 4.38. The number of nitrogens with one attached hydrogen (secondary N) is 1. The topological polar surface area (TPSA) is 69.6 Å². The van der Waals surface area contributed by atoms with E-state index in [-0.39, 0.29) is 5.75 Å². The van der Waals surface area contributed by atoms with E-state index >= 15 is 0 Å². The molecule has 0 fully saturated rings. The lowest BCUT2D eigenvalue weighted by molar-refractivity contribution is -0.138. The highest BCUT2D eigenvalue weighted by Gasteiger charge is 2.21. The van der Waals surface area contributed by atoms with Crippen LogP contribution in [-0.2, 0) is 4.79 Å². The van der Waals surface area contributed by atoms with Crippen LogP contribution in [0, 0.1) is 13.8 Å². The zero-order valence-corrected chi connectivity index (χ0v) is 12.5. The van der Waals surface area contributed by atoms with Crippen molar-refractivity contribution in [3.8, 4) is 5.75 Å². The molecule has 0 aliphatic heterocycles. The molecule has 110 valence electrons. The van der Waals surface area contributed by atoms with Crippen molar-refractivity contribution in [3.63, 3.8) is 0 Å². The van der Waals surface area contributed by atoms with Crippen molar-refractivity contribution < 1.29 is 15.0 Å². The van der Waals surface area contributed by atoms with Gasteiger partial charge in [-0.3, -0.25) is 0 Å². The lowest BCUT2D eigenvalue weighted by Gasteiger charge is -2.18. The molecule has 2 aromatic carbocycles. The molecule has 0 spiro atoms. The van der Waals surface area contributed by atoms with Gasteiger partial charge in [-0.2, -0.15) is 0 Å². The Morgan fingerprint density at radius 3 is 2.14 bits per heavy atom. The minimum atomic E-state index is -0.991. The van der Waals surface area contributed by atoms with Crippen LogP contribution in [-0.4, -0.2) is 16.2 Å². The molecule has 3 N–H and O–H groups in total. The Labute approximate surface area is 128 Å². The number of anilines is 1. The maximum Gasteiger partial charge on any atom is 0.330 e. The summed E-state index contributed by atoms with van der Waals surface area (Å²) in [6, 6.07) is 9.26. The number of benzene rings is 2. The van der Waals surface area contributed by atoms with Gasteiger partial charge in [0.2, 0.25) is 0 Å². The summed E-state index contributed by atoms with van der Waals surface area (Å²) >= 11 is 5.81. The summed E-state index contributed by atoms with van der Waals surface area (Å²) in [4.78, 5) is 11.5. The Morgan fingerprint density at radius 2 is 1.67 bits per heavy atom. The van der Waals surface area contributed by atoms with Crippen LogP contribution < -0.4 is 5.32 Å². The summed E-state index contributed by atoms with van der Waals surface area (Å²) < 4.78 is 0. The molecule has 0 heterocycles. The fraction of sp³-hybridized carbons (Fsp3) is 0.188. The zero-order chi connectivity index (χ0) is 15.6. The van der Waals surface area contributed by atoms with E-state index in [2.05, 4.69) is 5.32 Å². The molecule has 0 amide bonds. The fourth-order valence-corrected chi connectivity index (χ4v) is 2.28. The maximum atomic E-state index is 11.5. The number of aryl methyl sites for hydroxylation is 2. The summed E-state index contributed by atoms with van der Waals surface area (Å²) in [6.45, 7) is 3.49. The van der Waals surface area contributed by atoms with Crippen molar-refractivity contribution in [2.45, 2.75) is 19.9 Å². The summed E-state index contributed by atoms with van der Waals surface area (Å²) in [6.07, 6.45) is 0. The highest BCUT2D eigenvalue weighted by molar-refractivity contribution is 6.30. The van der Waals surface area contributed by atoms with Crippen molar-refractivity contribution in [2.24, 2.45) is 0 Å². The molecule has 0 saturated carbocycles. The van der Waals surface area contributed by atoms with Gasteiger partial charge in [0.25, 0.3) is 0 Å². The van der Waals surface area contributed by atoms with E-state index in [0.717, 1.165) is 0 Å². The average Bonchev–Trinajstić information content (AvgIpc) is 2.43. The molecular weight excluding hydrogens is 290 g/mol. The van der Waals surface area contributed by atoms with E-state index in [4.69, 9.17) is 11.6 Å². The predicted octanol–water partition coefficient (Wildman–Crippen LogP) is 3.90. The fourth-order valence-electron chi connectivity index (χ4n) is 2.16. The molecule has 0 bridgehead atoms. The first kappa shape index (κ1) is 15.2. The van der Waals surface area contributed by atoms with Gasteiger partial charge in [-0.15, -0.1) is 0 Å². The quantitative estimate of drug-likeness (QED) is 0.801. The second-order valence-electron chi connectivity index (χ2n) is 4.93. The molecule has 1 atom stereocenters. The largest absolute Gasteiger partial charge is 0.507 e. The van der Waals surface area contributed by atoms with Crippen molar-refractivity contribution in [1.29, 1.82) is 0 Å². The number of carboxylic acids is 1.